The Morgan fingerprint density at radius 1 is 1.54 bits per heavy atom. The average Bonchev–Trinajstić information content (AvgIpc) is 2.74. The van der Waals surface area contributed by atoms with Crippen LogP contribution in [-0.4, -0.2) is 32.8 Å². The first-order valence-corrected chi connectivity index (χ1v) is 10.4. The second-order valence-corrected chi connectivity index (χ2v) is 8.43. The molecular formula is C17H17IN2O2S2. The smallest absolute Gasteiger partial charge is 0.317 e. The highest BCUT2D eigenvalue weighted by Crippen LogP contribution is 2.47. The molecule has 0 saturated carbocycles. The van der Waals surface area contributed by atoms with E-state index in [1.165, 1.54) is 11.8 Å². The molecule has 1 saturated heterocycles. The molecule has 3 unspecified atom stereocenters. The highest BCUT2D eigenvalue weighted by atomic mass is 127. The lowest BCUT2D eigenvalue weighted by molar-refractivity contribution is -0.146. The van der Waals surface area contributed by atoms with E-state index in [0.29, 0.717) is 10.7 Å². The number of hydrogen-bond donors (Lipinski definition) is 0. The number of nitrogens with zero attached hydrogens (tertiary/aromatic N) is 2. The molecule has 2 aliphatic rings. The maximum Gasteiger partial charge on any atom is 0.317 e. The molecule has 3 rings (SSSR count). The van der Waals surface area contributed by atoms with E-state index in [1.54, 1.807) is 11.2 Å². The third-order valence-electron chi connectivity index (χ3n) is 4.22. The van der Waals surface area contributed by atoms with Gasteiger partial charge in [-0.15, -0.1) is 0 Å². The molecule has 0 amide bonds. The van der Waals surface area contributed by atoms with Gasteiger partial charge in [-0.3, -0.25) is 4.79 Å². The molecule has 3 atom stereocenters. The Hall–Kier alpha value is -0.930. The first kappa shape index (κ1) is 17.9. The number of esters is 1. The van der Waals surface area contributed by atoms with Crippen LogP contribution in [0.15, 0.2) is 47.6 Å². The number of anilines is 1. The molecule has 126 valence electrons. The van der Waals surface area contributed by atoms with Crippen LogP contribution in [0.3, 0.4) is 0 Å². The molecule has 0 aromatic heterocycles. The number of ether oxygens (including phenoxy) is 1. The molecule has 1 aromatic carbocycles. The van der Waals surface area contributed by atoms with Crippen molar-refractivity contribution in [2.24, 2.45) is 10.5 Å². The van der Waals surface area contributed by atoms with Gasteiger partial charge in [0.1, 0.15) is 11.5 Å². The van der Waals surface area contributed by atoms with Crippen LogP contribution in [0.4, 0.5) is 5.69 Å². The highest BCUT2D eigenvalue weighted by molar-refractivity contribution is 14.1. The second kappa shape index (κ2) is 7.53. The van der Waals surface area contributed by atoms with Crippen molar-refractivity contribution in [3.8, 4) is 0 Å². The number of thiocarbonyl (C=S) groups is 1. The van der Waals surface area contributed by atoms with Crippen molar-refractivity contribution in [2.45, 2.75) is 22.9 Å². The Bertz CT molecular complexity index is 695. The molecule has 1 aliphatic heterocycles. The van der Waals surface area contributed by atoms with Gasteiger partial charge in [0, 0.05) is 19.1 Å². The van der Waals surface area contributed by atoms with Gasteiger partial charge < -0.3 is 4.74 Å². The van der Waals surface area contributed by atoms with Gasteiger partial charge in [-0.25, -0.2) is 5.01 Å². The normalized spacial score (nSPS) is 28.2. The van der Waals surface area contributed by atoms with Gasteiger partial charge in [0.25, 0.3) is 0 Å². The number of halogens is 1. The van der Waals surface area contributed by atoms with E-state index in [9.17, 15) is 4.79 Å². The fourth-order valence-corrected chi connectivity index (χ4v) is 4.54. The number of thioether (sulfide) groups is 1. The van der Waals surface area contributed by atoms with Gasteiger partial charge in [0.15, 0.2) is 4.32 Å². The number of hydrogen-bond acceptors (Lipinski definition) is 5. The summed E-state index contributed by atoms with van der Waals surface area (Å²) in [4.78, 5) is 12.3. The summed E-state index contributed by atoms with van der Waals surface area (Å²) in [6.45, 7) is 0. The van der Waals surface area contributed by atoms with Crippen molar-refractivity contribution in [1.29, 1.82) is 0 Å². The van der Waals surface area contributed by atoms with Gasteiger partial charge in [-0.1, -0.05) is 76.9 Å². The Morgan fingerprint density at radius 2 is 2.29 bits per heavy atom. The van der Waals surface area contributed by atoms with E-state index in [2.05, 4.69) is 27.7 Å². The summed E-state index contributed by atoms with van der Waals surface area (Å²) < 4.78 is 6.29. The van der Waals surface area contributed by atoms with Crippen LogP contribution in [0.5, 0.6) is 0 Å². The number of carbonyl (C=O) groups excluding carboxylic acids is 1. The summed E-state index contributed by atoms with van der Waals surface area (Å²) in [6, 6.07) is 9.76. The number of alkyl halides is 1. The van der Waals surface area contributed by atoms with Crippen molar-refractivity contribution in [2.75, 3.05) is 11.3 Å². The van der Waals surface area contributed by atoms with Gasteiger partial charge >= 0.3 is 5.97 Å². The monoisotopic (exact) mass is 472 g/mol. The molecule has 24 heavy (non-hydrogen) atoms. The zero-order valence-electron chi connectivity index (χ0n) is 13.1. The maximum atomic E-state index is 12.3. The molecule has 2 bridgehead atoms. The predicted octanol–water partition coefficient (Wildman–Crippen LogP) is 4.19. The zero-order chi connectivity index (χ0) is 17.2. The lowest BCUT2D eigenvalue weighted by atomic mass is 9.78. The fourth-order valence-electron chi connectivity index (χ4n) is 2.90. The van der Waals surface area contributed by atoms with E-state index < -0.39 is 5.41 Å². The molecule has 4 nitrogen and oxygen atoms in total. The van der Waals surface area contributed by atoms with E-state index in [0.717, 1.165) is 12.1 Å². The number of fused-ring (bicyclic) bond motifs is 2. The molecule has 0 radical (unpaired) electrons. The fraction of sp³-hybridized carbons (Fsp3) is 0.353. The minimum atomic E-state index is -0.601. The Morgan fingerprint density at radius 3 is 3.00 bits per heavy atom. The standard InChI is InChI=1S/C17H17IN2O2S2/c1-24-16(23)20(12-6-3-2-4-7-12)19-11-10-17-9-5-8-13(14(17)18)22-15(17)21/h2-7,9,11,13-14H,8,10H2,1H3/b19-11+. The average molecular weight is 472 g/mol. The van der Waals surface area contributed by atoms with Crippen LogP contribution in [0.1, 0.15) is 12.8 Å². The van der Waals surface area contributed by atoms with Gasteiger partial charge in [0.2, 0.25) is 0 Å². The minimum absolute atomic E-state index is 0.0194. The number of benzene rings is 1. The van der Waals surface area contributed by atoms with Gasteiger partial charge in [0.05, 0.1) is 9.61 Å². The largest absolute Gasteiger partial charge is 0.460 e. The summed E-state index contributed by atoms with van der Waals surface area (Å²) in [5, 5.41) is 6.27. The van der Waals surface area contributed by atoms with Crippen LogP contribution in [0.2, 0.25) is 0 Å². The molecule has 0 spiro atoms. The van der Waals surface area contributed by atoms with Crippen LogP contribution >= 0.6 is 46.6 Å². The lowest BCUT2D eigenvalue weighted by Crippen LogP contribution is -2.36. The molecular weight excluding hydrogens is 455 g/mol. The van der Waals surface area contributed by atoms with Crippen molar-refractivity contribution in [3.05, 3.63) is 42.5 Å². The summed E-state index contributed by atoms with van der Waals surface area (Å²) in [5.41, 5.74) is 0.304. The van der Waals surface area contributed by atoms with Crippen molar-refractivity contribution < 1.29 is 9.53 Å². The van der Waals surface area contributed by atoms with Crippen molar-refractivity contribution in [3.63, 3.8) is 0 Å². The molecule has 0 N–H and O–H groups in total. The number of para-hydroxylation sites is 1. The molecule has 1 aliphatic carbocycles. The number of hydrazone groups is 1. The first-order valence-electron chi connectivity index (χ1n) is 7.57. The van der Waals surface area contributed by atoms with E-state index in [1.807, 2.05) is 48.7 Å². The molecule has 1 aromatic rings. The van der Waals surface area contributed by atoms with Crippen molar-refractivity contribution in [1.82, 2.24) is 0 Å². The van der Waals surface area contributed by atoms with Crippen molar-refractivity contribution >= 4 is 68.8 Å². The van der Waals surface area contributed by atoms with Gasteiger partial charge in [-0.2, -0.15) is 5.10 Å². The SMILES string of the molecule is CSC(=S)N(/N=C/CC12C=CCC(OC1=O)C2I)c1ccccc1. The Labute approximate surface area is 164 Å². The zero-order valence-corrected chi connectivity index (χ0v) is 16.9. The van der Waals surface area contributed by atoms with E-state index in [4.69, 9.17) is 17.0 Å². The summed E-state index contributed by atoms with van der Waals surface area (Å²) >= 11 is 9.20. The topological polar surface area (TPSA) is 41.9 Å². The summed E-state index contributed by atoms with van der Waals surface area (Å²) in [7, 11) is 0. The molecule has 1 fully saturated rings. The summed E-state index contributed by atoms with van der Waals surface area (Å²) in [5.74, 6) is -0.147. The Kier molecular flexibility index (Phi) is 5.61. The first-order chi connectivity index (χ1) is 11.6. The van der Waals surface area contributed by atoms with Crippen LogP contribution in [-0.2, 0) is 9.53 Å². The lowest BCUT2D eigenvalue weighted by Gasteiger charge is -2.27. The van der Waals surface area contributed by atoms with Gasteiger partial charge in [-0.05, 0) is 18.4 Å². The van der Waals surface area contributed by atoms with Crippen LogP contribution in [0.25, 0.3) is 0 Å². The van der Waals surface area contributed by atoms with E-state index >= 15 is 0 Å². The Balaban J connectivity index is 1.81. The number of carbonyl (C=O) groups is 1. The third-order valence-corrected chi connectivity index (χ3v) is 7.32. The quantitative estimate of drug-likeness (QED) is 0.125. The molecule has 1 heterocycles. The minimum Gasteiger partial charge on any atom is -0.460 e. The predicted molar refractivity (Wildman–Crippen MR) is 112 cm³/mol. The highest BCUT2D eigenvalue weighted by Gasteiger charge is 2.55. The van der Waals surface area contributed by atoms with Crippen LogP contribution in [0, 0.1) is 5.41 Å². The maximum absolute atomic E-state index is 12.3. The molecule has 7 heteroatoms. The number of rotatable bonds is 4. The second-order valence-electron chi connectivity index (χ2n) is 5.64. The summed E-state index contributed by atoms with van der Waals surface area (Å²) in [6.07, 6.45) is 9.02. The third kappa shape index (κ3) is 3.25. The van der Waals surface area contributed by atoms with E-state index in [-0.39, 0.29) is 16.0 Å². The van der Waals surface area contributed by atoms with Crippen LogP contribution < -0.4 is 5.01 Å².